The number of carbonyl (C=O) groups is 2. The van der Waals surface area contributed by atoms with Gasteiger partial charge in [-0.25, -0.2) is 0 Å². The van der Waals surface area contributed by atoms with Gasteiger partial charge in [0.15, 0.2) is 0 Å². The van der Waals surface area contributed by atoms with E-state index in [1.807, 2.05) is 17.8 Å². The van der Waals surface area contributed by atoms with Gasteiger partial charge < -0.3 is 10.6 Å². The summed E-state index contributed by atoms with van der Waals surface area (Å²) in [6, 6.07) is 0. The first kappa shape index (κ1) is 21.1. The Balaban J connectivity index is 2.08. The number of hydrogen-bond donors (Lipinski definition) is 2. The van der Waals surface area contributed by atoms with Gasteiger partial charge in [0, 0.05) is 25.9 Å². The number of hydrogen-bond acceptors (Lipinski definition) is 4. The summed E-state index contributed by atoms with van der Waals surface area (Å²) in [5.41, 5.74) is 0.792. The summed E-state index contributed by atoms with van der Waals surface area (Å²) in [5.74, 6) is 0.812. The Labute approximate surface area is 150 Å². The molecule has 0 spiro atoms. The summed E-state index contributed by atoms with van der Waals surface area (Å²) in [5, 5.41) is 13.9. The van der Waals surface area contributed by atoms with Crippen LogP contribution in [0.25, 0.3) is 0 Å². The molecule has 25 heavy (non-hydrogen) atoms. The molecular weight excluding hydrogens is 318 g/mol. The zero-order chi connectivity index (χ0) is 18.5. The molecule has 0 unspecified atom stereocenters. The van der Waals surface area contributed by atoms with Gasteiger partial charge in [-0.05, 0) is 31.6 Å². The summed E-state index contributed by atoms with van der Waals surface area (Å²) in [7, 11) is 0. The molecule has 0 aliphatic heterocycles. The van der Waals surface area contributed by atoms with Crippen LogP contribution in [-0.4, -0.2) is 33.4 Å². The quantitative estimate of drug-likeness (QED) is 0.534. The number of aromatic nitrogens is 3. The molecule has 1 aromatic heterocycles. The maximum atomic E-state index is 11.8. The van der Waals surface area contributed by atoms with Gasteiger partial charge in [0.2, 0.25) is 11.8 Å². The van der Waals surface area contributed by atoms with Crippen LogP contribution in [0.4, 0.5) is 0 Å². The topological polar surface area (TPSA) is 88.9 Å². The number of rotatable bonds is 13. The lowest BCUT2D eigenvalue weighted by Crippen LogP contribution is -2.24. The van der Waals surface area contributed by atoms with E-state index < -0.39 is 0 Å². The molecule has 7 nitrogen and oxygen atoms in total. The third-order valence-corrected chi connectivity index (χ3v) is 3.95. The Morgan fingerprint density at radius 1 is 1.12 bits per heavy atom. The standard InChI is InChI=1S/C18H33N5O2/c1-4-17(24)19-11-7-5-6-10-18(25)20-13-16-14-23(22-21-16)12-8-9-15(2)3/h14-15H,4-13H2,1-3H3,(H,19,24)(H,20,25). The minimum absolute atomic E-state index is 0.0342. The van der Waals surface area contributed by atoms with Crippen molar-refractivity contribution in [1.29, 1.82) is 0 Å². The van der Waals surface area contributed by atoms with E-state index in [4.69, 9.17) is 0 Å². The van der Waals surface area contributed by atoms with Gasteiger partial charge >= 0.3 is 0 Å². The molecule has 0 radical (unpaired) electrons. The lowest BCUT2D eigenvalue weighted by molar-refractivity contribution is -0.122. The van der Waals surface area contributed by atoms with E-state index >= 15 is 0 Å². The number of nitrogens with zero attached hydrogens (tertiary/aromatic N) is 3. The molecule has 0 aromatic carbocycles. The molecule has 0 aliphatic carbocycles. The highest BCUT2D eigenvalue weighted by atomic mass is 16.2. The largest absolute Gasteiger partial charge is 0.356 e. The third-order valence-electron chi connectivity index (χ3n) is 3.95. The van der Waals surface area contributed by atoms with Crippen molar-refractivity contribution in [1.82, 2.24) is 25.6 Å². The number of nitrogens with one attached hydrogen (secondary N) is 2. The van der Waals surface area contributed by atoms with Crippen LogP contribution in [0.15, 0.2) is 6.20 Å². The first-order chi connectivity index (χ1) is 12.0. The van der Waals surface area contributed by atoms with E-state index in [1.165, 1.54) is 6.42 Å². The Morgan fingerprint density at radius 3 is 2.64 bits per heavy atom. The number of carbonyl (C=O) groups excluding carboxylic acids is 2. The Hall–Kier alpha value is -1.92. The maximum absolute atomic E-state index is 11.8. The highest BCUT2D eigenvalue weighted by Gasteiger charge is 2.05. The van der Waals surface area contributed by atoms with Crippen molar-refractivity contribution in [3.63, 3.8) is 0 Å². The molecule has 1 heterocycles. The average Bonchev–Trinajstić information content (AvgIpc) is 3.03. The van der Waals surface area contributed by atoms with Gasteiger partial charge in [-0.15, -0.1) is 5.10 Å². The van der Waals surface area contributed by atoms with Gasteiger partial charge in [-0.1, -0.05) is 32.4 Å². The number of amides is 2. The third kappa shape index (κ3) is 10.5. The molecule has 0 saturated heterocycles. The first-order valence-electron chi connectivity index (χ1n) is 9.43. The zero-order valence-electron chi connectivity index (χ0n) is 15.9. The van der Waals surface area contributed by atoms with Gasteiger partial charge in [0.1, 0.15) is 5.69 Å². The smallest absolute Gasteiger partial charge is 0.220 e. The maximum Gasteiger partial charge on any atom is 0.220 e. The van der Waals surface area contributed by atoms with Crippen LogP contribution < -0.4 is 10.6 Å². The van der Waals surface area contributed by atoms with Gasteiger partial charge in [-0.2, -0.15) is 0 Å². The van der Waals surface area contributed by atoms with Gasteiger partial charge in [-0.3, -0.25) is 14.3 Å². The van der Waals surface area contributed by atoms with Crippen LogP contribution in [0.5, 0.6) is 0 Å². The van der Waals surface area contributed by atoms with Crippen molar-refractivity contribution >= 4 is 11.8 Å². The fourth-order valence-electron chi connectivity index (χ4n) is 2.41. The minimum atomic E-state index is 0.0342. The van der Waals surface area contributed by atoms with Gasteiger partial charge in [0.25, 0.3) is 0 Å². The second-order valence-corrected chi connectivity index (χ2v) is 6.80. The molecule has 1 aromatic rings. The van der Waals surface area contributed by atoms with Crippen LogP contribution in [-0.2, 0) is 22.7 Å². The predicted molar refractivity (Wildman–Crippen MR) is 97.7 cm³/mol. The summed E-state index contributed by atoms with van der Waals surface area (Å²) in [4.78, 5) is 22.9. The normalized spacial score (nSPS) is 10.9. The van der Waals surface area contributed by atoms with E-state index in [2.05, 4.69) is 34.8 Å². The number of unbranched alkanes of at least 4 members (excludes halogenated alkanes) is 2. The summed E-state index contributed by atoms with van der Waals surface area (Å²) >= 11 is 0. The molecule has 1 rings (SSSR count). The summed E-state index contributed by atoms with van der Waals surface area (Å²) < 4.78 is 1.84. The molecule has 142 valence electrons. The molecular formula is C18H33N5O2. The lowest BCUT2D eigenvalue weighted by Gasteiger charge is -2.05. The second-order valence-electron chi connectivity index (χ2n) is 6.80. The van der Waals surface area contributed by atoms with Crippen molar-refractivity contribution < 1.29 is 9.59 Å². The van der Waals surface area contributed by atoms with Crippen molar-refractivity contribution in [3.8, 4) is 0 Å². The molecule has 0 saturated carbocycles. The van der Waals surface area contributed by atoms with Crippen molar-refractivity contribution in [2.24, 2.45) is 5.92 Å². The average molecular weight is 351 g/mol. The molecule has 7 heteroatoms. The van der Waals surface area contributed by atoms with Crippen LogP contribution >= 0.6 is 0 Å². The Kier molecular flexibility index (Phi) is 10.5. The van der Waals surface area contributed by atoms with E-state index in [0.29, 0.717) is 31.8 Å². The van der Waals surface area contributed by atoms with E-state index in [1.54, 1.807) is 0 Å². The summed E-state index contributed by atoms with van der Waals surface area (Å²) in [6.07, 6.45) is 7.86. The molecule has 0 atom stereocenters. The highest BCUT2D eigenvalue weighted by molar-refractivity contribution is 5.76. The Bertz CT molecular complexity index is 513. The van der Waals surface area contributed by atoms with E-state index in [9.17, 15) is 9.59 Å². The minimum Gasteiger partial charge on any atom is -0.356 e. The SMILES string of the molecule is CCC(=O)NCCCCCC(=O)NCc1cn(CCCC(C)C)nn1. The lowest BCUT2D eigenvalue weighted by atomic mass is 10.1. The van der Waals surface area contributed by atoms with Crippen molar-refractivity contribution in [3.05, 3.63) is 11.9 Å². The first-order valence-corrected chi connectivity index (χ1v) is 9.43. The highest BCUT2D eigenvalue weighted by Crippen LogP contribution is 2.05. The van der Waals surface area contributed by atoms with E-state index in [0.717, 1.165) is 37.9 Å². The van der Waals surface area contributed by atoms with E-state index in [-0.39, 0.29) is 11.8 Å². The fourth-order valence-corrected chi connectivity index (χ4v) is 2.41. The van der Waals surface area contributed by atoms with Crippen molar-refractivity contribution in [2.45, 2.75) is 78.8 Å². The number of aryl methyl sites for hydroxylation is 1. The predicted octanol–water partition coefficient (Wildman–Crippen LogP) is 2.42. The van der Waals surface area contributed by atoms with Crippen LogP contribution in [0.1, 0.15) is 71.4 Å². The second kappa shape index (κ2) is 12.4. The monoisotopic (exact) mass is 351 g/mol. The Morgan fingerprint density at radius 2 is 1.92 bits per heavy atom. The molecule has 0 aliphatic rings. The molecule has 0 fully saturated rings. The molecule has 0 bridgehead atoms. The van der Waals surface area contributed by atoms with Crippen LogP contribution in [0.2, 0.25) is 0 Å². The molecule has 2 N–H and O–H groups in total. The van der Waals surface area contributed by atoms with Gasteiger partial charge in [0.05, 0.1) is 12.7 Å². The molecule has 2 amide bonds. The zero-order valence-corrected chi connectivity index (χ0v) is 15.9. The van der Waals surface area contributed by atoms with Crippen LogP contribution in [0.3, 0.4) is 0 Å². The summed E-state index contributed by atoms with van der Waals surface area (Å²) in [6.45, 7) is 8.24. The van der Waals surface area contributed by atoms with Crippen molar-refractivity contribution in [2.75, 3.05) is 6.54 Å². The van der Waals surface area contributed by atoms with Crippen LogP contribution in [0, 0.1) is 5.92 Å². The fraction of sp³-hybridized carbons (Fsp3) is 0.778.